The van der Waals surface area contributed by atoms with E-state index >= 15 is 0 Å². The predicted octanol–water partition coefficient (Wildman–Crippen LogP) is 1.49. The number of nitrogens with one attached hydrogen (secondary N) is 2. The van der Waals surface area contributed by atoms with Crippen LogP contribution in [-0.2, 0) is 13.1 Å². The second-order valence-corrected chi connectivity index (χ2v) is 7.10. The minimum Gasteiger partial charge on any atom is -0.357 e. The van der Waals surface area contributed by atoms with Crippen LogP contribution < -0.4 is 16.4 Å². The van der Waals surface area contributed by atoms with Crippen LogP contribution in [0.4, 0.5) is 9.18 Å². The Balaban J connectivity index is 1.98. The maximum Gasteiger partial charge on any atom is 0.314 e. The van der Waals surface area contributed by atoms with Crippen LogP contribution in [0.25, 0.3) is 0 Å². The maximum atomic E-state index is 13.9. The minimum atomic E-state index is -0.362. The third kappa shape index (κ3) is 6.71. The van der Waals surface area contributed by atoms with Crippen molar-refractivity contribution in [3.63, 3.8) is 0 Å². The number of nitrogens with two attached hydrogens (primary N) is 1. The predicted molar refractivity (Wildman–Crippen MR) is 106 cm³/mol. The van der Waals surface area contributed by atoms with Gasteiger partial charge in [0, 0.05) is 37.8 Å². The zero-order valence-electron chi connectivity index (χ0n) is 16.5. The third-order valence-electron chi connectivity index (χ3n) is 4.51. The van der Waals surface area contributed by atoms with Gasteiger partial charge in [0.25, 0.3) is 0 Å². The van der Waals surface area contributed by atoms with E-state index in [1.54, 1.807) is 11.0 Å². The monoisotopic (exact) mass is 378 g/mol. The summed E-state index contributed by atoms with van der Waals surface area (Å²) in [6.45, 7) is 5.09. The first kappa shape index (κ1) is 21.0. The van der Waals surface area contributed by atoms with Crippen LogP contribution in [0.2, 0.25) is 0 Å². The van der Waals surface area contributed by atoms with Gasteiger partial charge in [-0.2, -0.15) is 0 Å². The number of carbonyl (C=O) groups is 1. The van der Waals surface area contributed by atoms with Gasteiger partial charge >= 0.3 is 6.03 Å². The van der Waals surface area contributed by atoms with Gasteiger partial charge in [-0.1, -0.05) is 6.07 Å². The number of rotatable bonds is 6. The van der Waals surface area contributed by atoms with Gasteiger partial charge in [-0.15, -0.1) is 0 Å². The number of nitrogens with zero attached hydrogens (tertiary/aromatic N) is 3. The van der Waals surface area contributed by atoms with E-state index in [2.05, 4.69) is 15.6 Å². The molecule has 0 radical (unpaired) electrons. The van der Waals surface area contributed by atoms with Crippen molar-refractivity contribution in [3.8, 4) is 0 Å². The molecule has 4 N–H and O–H groups in total. The highest BCUT2D eigenvalue weighted by Gasteiger charge is 2.21. The summed E-state index contributed by atoms with van der Waals surface area (Å²) in [5, 5.41) is 6.67. The van der Waals surface area contributed by atoms with Crippen LogP contribution in [0.15, 0.2) is 23.2 Å². The van der Waals surface area contributed by atoms with E-state index in [9.17, 15) is 9.18 Å². The molecule has 7 nitrogen and oxygen atoms in total. The van der Waals surface area contributed by atoms with Crippen molar-refractivity contribution in [2.75, 3.05) is 33.7 Å². The van der Waals surface area contributed by atoms with E-state index in [4.69, 9.17) is 5.73 Å². The van der Waals surface area contributed by atoms with Crippen molar-refractivity contribution in [3.05, 3.63) is 35.1 Å². The summed E-state index contributed by atoms with van der Waals surface area (Å²) >= 11 is 0. The van der Waals surface area contributed by atoms with Crippen molar-refractivity contribution in [1.29, 1.82) is 0 Å². The first-order valence-electron chi connectivity index (χ1n) is 9.40. The number of amides is 2. The summed E-state index contributed by atoms with van der Waals surface area (Å²) in [5.74, 6) is 0.538. The van der Waals surface area contributed by atoms with Crippen molar-refractivity contribution in [1.82, 2.24) is 20.4 Å². The number of aliphatic imine (C=N–C) groups is 1. The smallest absolute Gasteiger partial charge is 0.314 e. The lowest BCUT2D eigenvalue weighted by atomic mass is 10.1. The zero-order valence-corrected chi connectivity index (χ0v) is 16.5. The molecule has 0 saturated carbocycles. The number of likely N-dealkylation sites (tertiary alicyclic amines) is 1. The Bertz CT molecular complexity index is 656. The second kappa shape index (κ2) is 10.1. The molecule has 1 fully saturated rings. The molecule has 1 aromatic carbocycles. The molecular weight excluding hydrogens is 347 g/mol. The lowest BCUT2D eigenvalue weighted by molar-refractivity contribution is 0.188. The van der Waals surface area contributed by atoms with Crippen molar-refractivity contribution in [2.45, 2.75) is 38.9 Å². The van der Waals surface area contributed by atoms with Gasteiger partial charge in [0.2, 0.25) is 0 Å². The largest absolute Gasteiger partial charge is 0.357 e. The Morgan fingerprint density at radius 1 is 1.37 bits per heavy atom. The third-order valence-corrected chi connectivity index (χ3v) is 4.51. The van der Waals surface area contributed by atoms with Crippen molar-refractivity contribution >= 4 is 12.0 Å². The lowest BCUT2D eigenvalue weighted by Gasteiger charge is -2.32. The number of hydrogen-bond acceptors (Lipinski definition) is 3. The molecule has 0 aliphatic carbocycles. The molecule has 8 heteroatoms. The van der Waals surface area contributed by atoms with Crippen LogP contribution >= 0.6 is 0 Å². The van der Waals surface area contributed by atoms with Crippen LogP contribution in [0.5, 0.6) is 0 Å². The van der Waals surface area contributed by atoms with Gasteiger partial charge in [0.05, 0.1) is 6.54 Å². The fraction of sp³-hybridized carbons (Fsp3) is 0.579. The highest BCUT2D eigenvalue weighted by atomic mass is 19.1. The molecule has 0 bridgehead atoms. The van der Waals surface area contributed by atoms with E-state index in [-0.39, 0.29) is 17.9 Å². The molecule has 0 spiro atoms. The van der Waals surface area contributed by atoms with Crippen LogP contribution in [-0.4, -0.2) is 61.6 Å². The molecule has 2 rings (SSSR count). The van der Waals surface area contributed by atoms with Crippen molar-refractivity contribution < 1.29 is 9.18 Å². The Labute approximate surface area is 160 Å². The molecule has 1 aliphatic rings. The highest BCUT2D eigenvalue weighted by molar-refractivity contribution is 5.80. The van der Waals surface area contributed by atoms with Gasteiger partial charge in [0.1, 0.15) is 5.82 Å². The number of urea groups is 1. The Morgan fingerprint density at radius 2 is 2.07 bits per heavy atom. The molecule has 2 amide bonds. The molecule has 1 saturated heterocycles. The number of guanidine groups is 1. The quantitative estimate of drug-likeness (QED) is 0.517. The average Bonchev–Trinajstić information content (AvgIpc) is 2.62. The van der Waals surface area contributed by atoms with Gasteiger partial charge in [-0.3, -0.25) is 0 Å². The van der Waals surface area contributed by atoms with E-state index in [1.807, 2.05) is 32.0 Å². The van der Waals surface area contributed by atoms with Crippen LogP contribution in [0.1, 0.15) is 30.9 Å². The minimum absolute atomic E-state index is 0.192. The van der Waals surface area contributed by atoms with Gasteiger partial charge in [-0.25, -0.2) is 14.2 Å². The topological polar surface area (TPSA) is 86.0 Å². The lowest BCUT2D eigenvalue weighted by Crippen LogP contribution is -2.50. The van der Waals surface area contributed by atoms with E-state index in [1.165, 1.54) is 6.07 Å². The molecule has 27 heavy (non-hydrogen) atoms. The molecular formula is C19H31FN6O. The van der Waals surface area contributed by atoms with E-state index in [0.717, 1.165) is 30.9 Å². The summed E-state index contributed by atoms with van der Waals surface area (Å²) < 4.78 is 13.9. The summed E-state index contributed by atoms with van der Waals surface area (Å²) in [7, 11) is 3.84. The Morgan fingerprint density at radius 3 is 2.67 bits per heavy atom. The normalized spacial score (nSPS) is 15.9. The van der Waals surface area contributed by atoms with E-state index < -0.39 is 0 Å². The van der Waals surface area contributed by atoms with E-state index in [0.29, 0.717) is 31.7 Å². The first-order chi connectivity index (χ1) is 12.9. The van der Waals surface area contributed by atoms with Crippen LogP contribution in [0, 0.1) is 5.82 Å². The first-order valence-corrected chi connectivity index (χ1v) is 9.40. The van der Waals surface area contributed by atoms with Crippen LogP contribution in [0.3, 0.4) is 0 Å². The standard InChI is InChI=1S/C19H31FN6O/c1-4-22-19(24-16-7-9-26(10-8-16)18(21)27)23-12-14-5-6-17(20)15(11-14)13-25(2)3/h5-6,11,16H,4,7-10,12-13H2,1-3H3,(H2,21,27)(H2,22,23,24). The molecule has 1 aliphatic heterocycles. The Hall–Kier alpha value is -2.35. The highest BCUT2D eigenvalue weighted by Crippen LogP contribution is 2.13. The summed E-state index contributed by atoms with van der Waals surface area (Å²) in [4.78, 5) is 19.5. The number of piperidine rings is 1. The number of hydrogen-bond donors (Lipinski definition) is 3. The summed E-state index contributed by atoms with van der Waals surface area (Å²) in [5.41, 5.74) is 6.96. The maximum absolute atomic E-state index is 13.9. The zero-order chi connectivity index (χ0) is 19.8. The van der Waals surface area contributed by atoms with Crippen molar-refractivity contribution in [2.24, 2.45) is 10.7 Å². The van der Waals surface area contributed by atoms with Gasteiger partial charge < -0.3 is 26.2 Å². The summed E-state index contributed by atoms with van der Waals surface area (Å²) in [6.07, 6.45) is 1.66. The number of carbonyl (C=O) groups excluding carboxylic acids is 1. The molecule has 0 unspecified atom stereocenters. The summed E-state index contributed by atoms with van der Waals surface area (Å²) in [6, 6.07) is 5.03. The van der Waals surface area contributed by atoms with Gasteiger partial charge in [0.15, 0.2) is 5.96 Å². The number of halogens is 1. The average molecular weight is 378 g/mol. The number of benzene rings is 1. The number of primary amides is 1. The molecule has 0 atom stereocenters. The van der Waals surface area contributed by atoms with Gasteiger partial charge in [-0.05, 0) is 51.6 Å². The molecule has 0 aromatic heterocycles. The molecule has 150 valence electrons. The fourth-order valence-corrected chi connectivity index (χ4v) is 3.12. The fourth-order valence-electron chi connectivity index (χ4n) is 3.12. The SMILES string of the molecule is CCNC(=NCc1ccc(F)c(CN(C)C)c1)NC1CCN(C(N)=O)CC1. The molecule has 1 heterocycles. The Kier molecular flexibility index (Phi) is 7.84. The molecule has 1 aromatic rings. The second-order valence-electron chi connectivity index (χ2n) is 7.10.